The second-order valence-electron chi connectivity index (χ2n) is 5.04. The first-order valence-electron chi connectivity index (χ1n) is 6.48. The van der Waals surface area contributed by atoms with Crippen LogP contribution in [-0.2, 0) is 9.84 Å². The van der Waals surface area contributed by atoms with Gasteiger partial charge in [0.2, 0.25) is 5.16 Å². The van der Waals surface area contributed by atoms with Gasteiger partial charge in [-0.05, 0) is 29.7 Å². The van der Waals surface area contributed by atoms with Gasteiger partial charge in [-0.15, -0.1) is 5.10 Å². The Morgan fingerprint density at radius 3 is 2.89 bits per heavy atom. The van der Waals surface area contributed by atoms with Crippen molar-refractivity contribution in [3.05, 3.63) is 0 Å². The van der Waals surface area contributed by atoms with Crippen molar-refractivity contribution < 1.29 is 8.42 Å². The molecule has 1 aromatic rings. The number of rotatable bonds is 6. The lowest BCUT2D eigenvalue weighted by Crippen LogP contribution is -2.31. The number of nitrogens with zero attached hydrogens (tertiary/aromatic N) is 4. The fourth-order valence-corrected chi connectivity index (χ4v) is 4.71. The Morgan fingerprint density at radius 2 is 2.21 bits per heavy atom. The van der Waals surface area contributed by atoms with Crippen molar-refractivity contribution in [3.8, 4) is 0 Å². The molecule has 1 atom stereocenters. The predicted molar refractivity (Wildman–Crippen MR) is 71.9 cm³/mol. The zero-order chi connectivity index (χ0) is 13.3. The maximum Gasteiger partial charge on any atom is 0.209 e. The molecular formula is C10H17N5O2S2. The van der Waals surface area contributed by atoms with Gasteiger partial charge >= 0.3 is 0 Å². The van der Waals surface area contributed by atoms with E-state index in [4.69, 9.17) is 0 Å². The van der Waals surface area contributed by atoms with Crippen LogP contribution in [0.2, 0.25) is 0 Å². The second-order valence-corrected chi connectivity index (χ2v) is 8.33. The Morgan fingerprint density at radius 1 is 1.37 bits per heavy atom. The van der Waals surface area contributed by atoms with E-state index in [0.29, 0.717) is 11.8 Å². The number of nitrogens with one attached hydrogen (secondary N) is 1. The third kappa shape index (κ3) is 3.46. The second kappa shape index (κ2) is 5.37. The predicted octanol–water partition coefficient (Wildman–Crippen LogP) is -0.123. The average molecular weight is 303 g/mol. The summed E-state index contributed by atoms with van der Waals surface area (Å²) in [5.74, 6) is 1.44. The SMILES string of the molecule is O=S1(=O)CCC(NCCSc2nnnn2C2CC2)C1. The van der Waals surface area contributed by atoms with Gasteiger partial charge in [-0.1, -0.05) is 11.8 Å². The molecule has 1 saturated carbocycles. The highest BCUT2D eigenvalue weighted by Crippen LogP contribution is 2.36. The van der Waals surface area contributed by atoms with Crippen LogP contribution in [0.15, 0.2) is 5.16 Å². The Balaban J connectivity index is 1.40. The summed E-state index contributed by atoms with van der Waals surface area (Å²) in [6.07, 6.45) is 3.06. The molecule has 3 rings (SSSR count). The van der Waals surface area contributed by atoms with Crippen LogP contribution in [0, 0.1) is 0 Å². The molecule has 106 valence electrons. The van der Waals surface area contributed by atoms with Gasteiger partial charge in [-0.25, -0.2) is 13.1 Å². The van der Waals surface area contributed by atoms with E-state index < -0.39 is 9.84 Å². The van der Waals surface area contributed by atoms with Crippen molar-refractivity contribution in [3.63, 3.8) is 0 Å². The van der Waals surface area contributed by atoms with Crippen LogP contribution in [-0.4, -0.2) is 58.5 Å². The number of hydrogen-bond donors (Lipinski definition) is 1. The number of thioether (sulfide) groups is 1. The molecule has 0 aromatic carbocycles. The molecule has 2 fully saturated rings. The molecule has 2 aliphatic rings. The van der Waals surface area contributed by atoms with Crippen molar-refractivity contribution in [2.75, 3.05) is 23.8 Å². The van der Waals surface area contributed by atoms with Gasteiger partial charge in [0, 0.05) is 18.3 Å². The monoisotopic (exact) mass is 303 g/mol. The molecule has 0 spiro atoms. The first-order chi connectivity index (χ1) is 9.14. The molecule has 19 heavy (non-hydrogen) atoms. The molecule has 0 radical (unpaired) electrons. The first kappa shape index (κ1) is 13.3. The summed E-state index contributed by atoms with van der Waals surface area (Å²) in [4.78, 5) is 0. The largest absolute Gasteiger partial charge is 0.312 e. The standard InChI is InChI=1S/C10H17N5O2S2/c16-19(17)6-3-8(7-19)11-4-5-18-10-12-13-14-15(10)9-1-2-9/h8-9,11H,1-7H2. The average Bonchev–Trinajstić information content (AvgIpc) is 3.00. The third-order valence-electron chi connectivity index (χ3n) is 3.35. The van der Waals surface area contributed by atoms with Crippen LogP contribution in [0.5, 0.6) is 0 Å². The fraction of sp³-hybridized carbons (Fsp3) is 0.900. The summed E-state index contributed by atoms with van der Waals surface area (Å²) in [6, 6.07) is 0.607. The molecule has 1 aliphatic carbocycles. The van der Waals surface area contributed by atoms with Gasteiger partial charge in [0.25, 0.3) is 0 Å². The highest BCUT2D eigenvalue weighted by molar-refractivity contribution is 7.99. The quantitative estimate of drug-likeness (QED) is 0.578. The summed E-state index contributed by atoms with van der Waals surface area (Å²) in [7, 11) is -2.79. The fourth-order valence-electron chi connectivity index (χ4n) is 2.19. The maximum absolute atomic E-state index is 11.3. The van der Waals surface area contributed by atoms with E-state index in [1.807, 2.05) is 4.68 Å². The summed E-state index contributed by atoms with van der Waals surface area (Å²) in [5, 5.41) is 15.9. The number of tetrazole rings is 1. The van der Waals surface area contributed by atoms with Gasteiger partial charge < -0.3 is 5.32 Å². The Hall–Kier alpha value is -0.670. The molecule has 1 saturated heterocycles. The van der Waals surface area contributed by atoms with Crippen LogP contribution < -0.4 is 5.32 Å². The Kier molecular flexibility index (Phi) is 3.77. The van der Waals surface area contributed by atoms with Crippen molar-refractivity contribution in [2.45, 2.75) is 36.5 Å². The van der Waals surface area contributed by atoms with E-state index in [1.54, 1.807) is 11.8 Å². The molecule has 7 nitrogen and oxygen atoms in total. The lowest BCUT2D eigenvalue weighted by molar-refractivity contribution is 0.562. The van der Waals surface area contributed by atoms with Crippen molar-refractivity contribution in [1.82, 2.24) is 25.5 Å². The van der Waals surface area contributed by atoms with Crippen LogP contribution in [0.25, 0.3) is 0 Å². The smallest absolute Gasteiger partial charge is 0.209 e. The van der Waals surface area contributed by atoms with Gasteiger partial charge in [-0.3, -0.25) is 0 Å². The Bertz CT molecular complexity index is 540. The molecule has 0 amide bonds. The molecule has 1 aromatic heterocycles. The van der Waals surface area contributed by atoms with Gasteiger partial charge in [0.05, 0.1) is 17.5 Å². The van der Waals surface area contributed by atoms with E-state index in [2.05, 4.69) is 20.8 Å². The summed E-state index contributed by atoms with van der Waals surface area (Å²) >= 11 is 1.62. The molecule has 1 unspecified atom stereocenters. The topological polar surface area (TPSA) is 89.8 Å². The van der Waals surface area contributed by atoms with Crippen LogP contribution in [0.4, 0.5) is 0 Å². The molecule has 0 bridgehead atoms. The zero-order valence-electron chi connectivity index (χ0n) is 10.5. The number of sulfone groups is 1. The minimum absolute atomic E-state index is 0.116. The van der Waals surface area contributed by atoms with Crippen molar-refractivity contribution in [1.29, 1.82) is 0 Å². The van der Waals surface area contributed by atoms with Gasteiger partial charge in [0.1, 0.15) is 0 Å². The number of hydrogen-bond acceptors (Lipinski definition) is 7. The maximum atomic E-state index is 11.3. The van der Waals surface area contributed by atoms with Crippen molar-refractivity contribution >= 4 is 21.6 Å². The van der Waals surface area contributed by atoms with E-state index in [-0.39, 0.29) is 11.8 Å². The molecular weight excluding hydrogens is 286 g/mol. The lowest BCUT2D eigenvalue weighted by atomic mass is 10.3. The van der Waals surface area contributed by atoms with Crippen LogP contribution in [0.3, 0.4) is 0 Å². The molecule has 1 aliphatic heterocycles. The molecule has 9 heteroatoms. The van der Waals surface area contributed by atoms with Gasteiger partial charge in [-0.2, -0.15) is 0 Å². The van der Waals surface area contributed by atoms with E-state index >= 15 is 0 Å². The van der Waals surface area contributed by atoms with Crippen molar-refractivity contribution in [2.24, 2.45) is 0 Å². The first-order valence-corrected chi connectivity index (χ1v) is 9.29. The van der Waals surface area contributed by atoms with E-state index in [0.717, 1.165) is 36.7 Å². The Labute approximate surface area is 116 Å². The lowest BCUT2D eigenvalue weighted by Gasteiger charge is -2.09. The minimum Gasteiger partial charge on any atom is -0.312 e. The minimum atomic E-state index is -2.79. The zero-order valence-corrected chi connectivity index (χ0v) is 12.2. The highest BCUT2D eigenvalue weighted by Gasteiger charge is 2.28. The molecule has 2 heterocycles. The van der Waals surface area contributed by atoms with E-state index in [1.165, 1.54) is 0 Å². The normalized spacial score (nSPS) is 25.8. The highest BCUT2D eigenvalue weighted by atomic mass is 32.2. The van der Waals surface area contributed by atoms with E-state index in [9.17, 15) is 8.42 Å². The number of aromatic nitrogens is 4. The van der Waals surface area contributed by atoms with Gasteiger partial charge in [0.15, 0.2) is 9.84 Å². The van der Waals surface area contributed by atoms with Crippen LogP contribution in [0.1, 0.15) is 25.3 Å². The third-order valence-corrected chi connectivity index (χ3v) is 6.06. The summed E-state index contributed by atoms with van der Waals surface area (Å²) in [5.41, 5.74) is 0. The summed E-state index contributed by atoms with van der Waals surface area (Å²) < 4.78 is 24.5. The molecule has 1 N–H and O–H groups in total. The van der Waals surface area contributed by atoms with Crippen LogP contribution >= 0.6 is 11.8 Å². The summed E-state index contributed by atoms with van der Waals surface area (Å²) in [6.45, 7) is 0.780.